The van der Waals surface area contributed by atoms with Crippen molar-refractivity contribution in [3.63, 3.8) is 0 Å². The zero-order chi connectivity index (χ0) is 21.6. The summed E-state index contributed by atoms with van der Waals surface area (Å²) in [5.41, 5.74) is 2.26. The van der Waals surface area contributed by atoms with Gasteiger partial charge in [0.05, 0.1) is 4.90 Å². The molecule has 2 aromatic carbocycles. The number of halogens is 1. The second kappa shape index (κ2) is 9.77. The van der Waals surface area contributed by atoms with E-state index in [2.05, 4.69) is 22.9 Å². The summed E-state index contributed by atoms with van der Waals surface area (Å²) in [6.45, 7) is 0.326. The van der Waals surface area contributed by atoms with Gasteiger partial charge < -0.3 is 5.11 Å². The lowest BCUT2D eigenvalue weighted by Gasteiger charge is -2.28. The molecule has 0 spiro atoms. The van der Waals surface area contributed by atoms with Gasteiger partial charge in [-0.15, -0.1) is 0 Å². The highest BCUT2D eigenvalue weighted by atomic mass is 35.5. The summed E-state index contributed by atoms with van der Waals surface area (Å²) in [7, 11) is -3.64. The molecule has 0 radical (unpaired) electrons. The van der Waals surface area contributed by atoms with E-state index in [0.717, 1.165) is 19.3 Å². The minimum absolute atomic E-state index is 0.155. The summed E-state index contributed by atoms with van der Waals surface area (Å²) >= 11 is 5.87. The Morgan fingerprint density at radius 2 is 1.70 bits per heavy atom. The number of aliphatic carboxylic acids is 1. The minimum Gasteiger partial charge on any atom is -0.481 e. The molecule has 0 fully saturated rings. The maximum absolute atomic E-state index is 12.8. The molecule has 7 heteroatoms. The van der Waals surface area contributed by atoms with Crippen LogP contribution in [-0.4, -0.2) is 26.0 Å². The first kappa shape index (κ1) is 22.5. The Hall–Kier alpha value is -2.15. The highest BCUT2D eigenvalue weighted by Crippen LogP contribution is 2.40. The third kappa shape index (κ3) is 5.94. The molecular formula is C23H26ClNO4S. The van der Waals surface area contributed by atoms with Crippen LogP contribution in [0, 0.1) is 5.41 Å². The van der Waals surface area contributed by atoms with Crippen molar-refractivity contribution >= 4 is 27.6 Å². The molecule has 30 heavy (non-hydrogen) atoms. The van der Waals surface area contributed by atoms with Crippen LogP contribution < -0.4 is 4.72 Å². The molecule has 0 aromatic heterocycles. The van der Waals surface area contributed by atoms with Gasteiger partial charge in [0.1, 0.15) is 0 Å². The number of hydrogen-bond donors (Lipinski definition) is 2. The Labute approximate surface area is 182 Å². The molecule has 0 atom stereocenters. The zero-order valence-corrected chi connectivity index (χ0v) is 18.3. The average molecular weight is 448 g/mol. The van der Waals surface area contributed by atoms with E-state index in [9.17, 15) is 13.2 Å². The van der Waals surface area contributed by atoms with E-state index in [1.54, 1.807) is 12.1 Å². The predicted molar refractivity (Wildman–Crippen MR) is 118 cm³/mol. The number of sulfonamides is 1. The minimum atomic E-state index is -3.64. The molecule has 0 saturated carbocycles. The van der Waals surface area contributed by atoms with Crippen molar-refractivity contribution in [1.82, 2.24) is 4.72 Å². The second-order valence-electron chi connectivity index (χ2n) is 7.86. The van der Waals surface area contributed by atoms with E-state index in [4.69, 9.17) is 16.7 Å². The molecule has 0 saturated heterocycles. The summed E-state index contributed by atoms with van der Waals surface area (Å²) in [5, 5.41) is 9.23. The van der Waals surface area contributed by atoms with Crippen molar-refractivity contribution in [2.75, 3.05) is 6.54 Å². The number of rotatable bonds is 10. The maximum Gasteiger partial charge on any atom is 0.303 e. The summed E-state index contributed by atoms with van der Waals surface area (Å²) in [6.07, 6.45) is 7.83. The van der Waals surface area contributed by atoms with Crippen LogP contribution in [-0.2, 0) is 27.7 Å². The van der Waals surface area contributed by atoms with Gasteiger partial charge >= 0.3 is 5.97 Å². The van der Waals surface area contributed by atoms with Crippen LogP contribution in [0.25, 0.3) is 0 Å². The molecule has 0 amide bonds. The van der Waals surface area contributed by atoms with Crippen LogP contribution in [0.5, 0.6) is 0 Å². The van der Waals surface area contributed by atoms with E-state index in [0.29, 0.717) is 24.4 Å². The van der Waals surface area contributed by atoms with Gasteiger partial charge in [-0.25, -0.2) is 13.1 Å². The molecule has 3 rings (SSSR count). The number of nitrogens with one attached hydrogen (secondary N) is 1. The SMILES string of the molecule is O=C(O)CCC/C=C\CC1(CNS(=O)(=O)c2ccc(Cl)cc2)Cc2ccccc2C1. The summed E-state index contributed by atoms with van der Waals surface area (Å²) in [5.74, 6) is -0.789. The number of unbranched alkanes of at least 4 members (excludes halogenated alkanes) is 1. The van der Waals surface area contributed by atoms with Gasteiger partial charge in [-0.1, -0.05) is 48.0 Å². The Kier molecular flexibility index (Phi) is 7.34. The van der Waals surface area contributed by atoms with Gasteiger partial charge in [0.25, 0.3) is 0 Å². The summed E-state index contributed by atoms with van der Waals surface area (Å²) in [4.78, 5) is 10.8. The molecule has 1 aliphatic rings. The van der Waals surface area contributed by atoms with E-state index < -0.39 is 16.0 Å². The fourth-order valence-electron chi connectivity index (χ4n) is 3.88. The monoisotopic (exact) mass is 447 g/mol. The van der Waals surface area contributed by atoms with Crippen molar-refractivity contribution in [1.29, 1.82) is 0 Å². The summed E-state index contributed by atoms with van der Waals surface area (Å²) in [6, 6.07) is 14.4. The fraction of sp³-hybridized carbons (Fsp3) is 0.348. The number of allylic oxidation sites excluding steroid dienone is 2. The first-order valence-corrected chi connectivity index (χ1v) is 11.8. The van der Waals surface area contributed by atoms with Crippen LogP contribution in [0.15, 0.2) is 65.6 Å². The van der Waals surface area contributed by atoms with Crippen molar-refractivity contribution in [2.45, 2.75) is 43.4 Å². The van der Waals surface area contributed by atoms with Gasteiger partial charge in [-0.2, -0.15) is 0 Å². The highest BCUT2D eigenvalue weighted by molar-refractivity contribution is 7.89. The molecule has 160 valence electrons. The second-order valence-corrected chi connectivity index (χ2v) is 10.1. The lowest BCUT2D eigenvalue weighted by Crippen LogP contribution is -2.38. The number of benzene rings is 2. The number of hydrogen-bond acceptors (Lipinski definition) is 3. The number of carboxylic acids is 1. The van der Waals surface area contributed by atoms with Gasteiger partial charge in [-0.05, 0) is 72.9 Å². The first-order chi connectivity index (χ1) is 14.3. The van der Waals surface area contributed by atoms with E-state index in [1.807, 2.05) is 18.2 Å². The largest absolute Gasteiger partial charge is 0.481 e. The number of carboxylic acid groups (broad SMARTS) is 1. The van der Waals surface area contributed by atoms with Gasteiger partial charge in [0.15, 0.2) is 0 Å². The summed E-state index contributed by atoms with van der Waals surface area (Å²) < 4.78 is 28.3. The molecule has 0 unspecified atom stereocenters. The standard InChI is InChI=1S/C23H26ClNO4S/c24-20-10-12-21(13-11-20)30(28,29)25-17-23(14-6-2-1-3-9-22(26)27)15-18-7-4-5-8-19(18)16-23/h2,4-8,10-13,25H,1,3,9,14-17H2,(H,26,27)/b6-2-. The quantitative estimate of drug-likeness (QED) is 0.411. The van der Waals surface area contributed by atoms with Crippen LogP contribution in [0.1, 0.15) is 36.8 Å². The van der Waals surface area contributed by atoms with Crippen LogP contribution in [0.3, 0.4) is 0 Å². The van der Waals surface area contributed by atoms with E-state index in [1.165, 1.54) is 23.3 Å². The third-order valence-corrected chi connectivity index (χ3v) is 7.16. The van der Waals surface area contributed by atoms with Crippen LogP contribution in [0.4, 0.5) is 0 Å². The number of fused-ring (bicyclic) bond motifs is 1. The molecular weight excluding hydrogens is 422 g/mol. The molecule has 0 aliphatic heterocycles. The molecule has 0 bridgehead atoms. The Morgan fingerprint density at radius 1 is 1.07 bits per heavy atom. The van der Waals surface area contributed by atoms with Crippen molar-refractivity contribution in [3.8, 4) is 0 Å². The first-order valence-electron chi connectivity index (χ1n) is 9.99. The van der Waals surface area contributed by atoms with Gasteiger partial charge in [0.2, 0.25) is 10.0 Å². The molecule has 2 aromatic rings. The fourth-order valence-corrected chi connectivity index (χ4v) is 5.17. The van der Waals surface area contributed by atoms with Gasteiger partial charge in [-0.3, -0.25) is 4.79 Å². The van der Waals surface area contributed by atoms with Crippen LogP contribution in [0.2, 0.25) is 5.02 Å². The number of carbonyl (C=O) groups is 1. The molecule has 2 N–H and O–H groups in total. The Balaban J connectivity index is 1.70. The van der Waals surface area contributed by atoms with Crippen LogP contribution >= 0.6 is 11.6 Å². The van der Waals surface area contributed by atoms with Crippen molar-refractivity contribution in [2.24, 2.45) is 5.41 Å². The van der Waals surface area contributed by atoms with Gasteiger partial charge in [0, 0.05) is 18.0 Å². The normalized spacial score (nSPS) is 15.4. The predicted octanol–water partition coefficient (Wildman–Crippen LogP) is 4.60. The molecule has 5 nitrogen and oxygen atoms in total. The Bertz CT molecular complexity index is 991. The lowest BCUT2D eigenvalue weighted by atomic mass is 9.81. The maximum atomic E-state index is 12.8. The zero-order valence-electron chi connectivity index (χ0n) is 16.7. The van der Waals surface area contributed by atoms with E-state index in [-0.39, 0.29) is 16.7 Å². The Morgan fingerprint density at radius 3 is 2.30 bits per heavy atom. The highest BCUT2D eigenvalue weighted by Gasteiger charge is 2.37. The third-order valence-electron chi connectivity index (χ3n) is 5.49. The molecule has 0 heterocycles. The van der Waals surface area contributed by atoms with Crippen molar-refractivity contribution in [3.05, 3.63) is 76.8 Å². The van der Waals surface area contributed by atoms with Crippen molar-refractivity contribution < 1.29 is 18.3 Å². The topological polar surface area (TPSA) is 83.5 Å². The average Bonchev–Trinajstić information content (AvgIpc) is 3.08. The molecule has 1 aliphatic carbocycles. The van der Waals surface area contributed by atoms with E-state index >= 15 is 0 Å². The smallest absolute Gasteiger partial charge is 0.303 e. The lowest BCUT2D eigenvalue weighted by molar-refractivity contribution is -0.137.